The molecular formula is C14H19N3O3. The van der Waals surface area contributed by atoms with E-state index in [4.69, 9.17) is 10.00 Å². The van der Waals surface area contributed by atoms with Gasteiger partial charge in [-0.2, -0.15) is 5.26 Å². The lowest BCUT2D eigenvalue weighted by Crippen LogP contribution is -2.38. The molecule has 1 aromatic carbocycles. The summed E-state index contributed by atoms with van der Waals surface area (Å²) in [7, 11) is 1.73. The normalized spacial score (nSPS) is 13.3. The van der Waals surface area contributed by atoms with E-state index in [1.54, 1.807) is 26.1 Å². The lowest BCUT2D eigenvalue weighted by atomic mass is 9.98. The van der Waals surface area contributed by atoms with E-state index in [0.29, 0.717) is 25.2 Å². The maximum absolute atomic E-state index is 10.9. The molecule has 1 N–H and O–H groups in total. The molecule has 0 spiro atoms. The van der Waals surface area contributed by atoms with Gasteiger partial charge in [-0.15, -0.1) is 0 Å². The highest BCUT2D eigenvalue weighted by Gasteiger charge is 2.21. The fourth-order valence-electron chi connectivity index (χ4n) is 1.81. The molecule has 0 aromatic heterocycles. The number of nitriles is 1. The molecule has 0 aliphatic rings. The number of nitro benzene ring substituents is 1. The summed E-state index contributed by atoms with van der Waals surface area (Å²) in [4.78, 5) is 10.5. The van der Waals surface area contributed by atoms with Gasteiger partial charge in [0, 0.05) is 6.07 Å². The van der Waals surface area contributed by atoms with Gasteiger partial charge in [-0.3, -0.25) is 10.1 Å². The Hall–Kier alpha value is -2.13. The summed E-state index contributed by atoms with van der Waals surface area (Å²) in [5.74, 6) is 0.306. The molecule has 1 aromatic rings. The van der Waals surface area contributed by atoms with E-state index in [2.05, 4.69) is 11.4 Å². The summed E-state index contributed by atoms with van der Waals surface area (Å²) < 4.78 is 5.53. The second-order valence-electron chi connectivity index (χ2n) is 4.83. The van der Waals surface area contributed by atoms with Gasteiger partial charge >= 0.3 is 5.69 Å². The van der Waals surface area contributed by atoms with Crippen LogP contribution in [0.5, 0.6) is 5.75 Å². The van der Waals surface area contributed by atoms with Gasteiger partial charge in [-0.05, 0) is 39.3 Å². The predicted molar refractivity (Wildman–Crippen MR) is 75.6 cm³/mol. The van der Waals surface area contributed by atoms with Crippen LogP contribution in [-0.2, 0) is 0 Å². The zero-order valence-corrected chi connectivity index (χ0v) is 12.0. The minimum absolute atomic E-state index is 0.0262. The third-order valence-electron chi connectivity index (χ3n) is 3.25. The molecule has 0 radical (unpaired) electrons. The highest BCUT2D eigenvalue weighted by Crippen LogP contribution is 2.30. The number of hydrogen-bond donors (Lipinski definition) is 1. The van der Waals surface area contributed by atoms with Crippen LogP contribution < -0.4 is 10.1 Å². The summed E-state index contributed by atoms with van der Waals surface area (Å²) in [6, 6.07) is 7.02. The highest BCUT2D eigenvalue weighted by atomic mass is 16.6. The van der Waals surface area contributed by atoms with Crippen LogP contribution in [-0.4, -0.2) is 24.1 Å². The lowest BCUT2D eigenvalue weighted by molar-refractivity contribution is -0.385. The number of nitrogens with zero attached hydrogens (tertiary/aromatic N) is 2. The standard InChI is InChI=1S/C14H19N3O3/c1-11-6-4-7-12(17(18)19)13(11)20-9-5-8-14(2,10-15)16-3/h4,6-7,16H,5,8-9H2,1-3H3. The predicted octanol–water partition coefficient (Wildman–Crippen LogP) is 2.56. The van der Waals surface area contributed by atoms with Crippen molar-refractivity contribution in [3.8, 4) is 11.8 Å². The maximum Gasteiger partial charge on any atom is 0.311 e. The van der Waals surface area contributed by atoms with Gasteiger partial charge < -0.3 is 10.1 Å². The van der Waals surface area contributed by atoms with Crippen LogP contribution in [0.2, 0.25) is 0 Å². The number of rotatable bonds is 7. The molecule has 0 fully saturated rings. The van der Waals surface area contributed by atoms with E-state index in [1.807, 2.05) is 6.92 Å². The number of aryl methyl sites for hydroxylation is 1. The molecule has 6 nitrogen and oxygen atoms in total. The molecule has 0 amide bonds. The molecule has 0 saturated heterocycles. The van der Waals surface area contributed by atoms with E-state index in [1.165, 1.54) is 6.07 Å². The van der Waals surface area contributed by atoms with Crippen LogP contribution in [0.15, 0.2) is 18.2 Å². The molecule has 1 atom stereocenters. The van der Waals surface area contributed by atoms with E-state index in [-0.39, 0.29) is 5.69 Å². The van der Waals surface area contributed by atoms with Crippen molar-refractivity contribution in [2.75, 3.05) is 13.7 Å². The van der Waals surface area contributed by atoms with Crippen molar-refractivity contribution in [1.29, 1.82) is 5.26 Å². The molecule has 0 bridgehead atoms. The van der Waals surface area contributed by atoms with Crippen molar-refractivity contribution in [1.82, 2.24) is 5.32 Å². The number of hydrogen-bond acceptors (Lipinski definition) is 5. The average Bonchev–Trinajstić information content (AvgIpc) is 2.44. The van der Waals surface area contributed by atoms with Crippen molar-refractivity contribution in [2.45, 2.75) is 32.2 Å². The van der Waals surface area contributed by atoms with Gasteiger partial charge in [0.25, 0.3) is 0 Å². The number of benzene rings is 1. The Kier molecular flexibility index (Phi) is 5.47. The summed E-state index contributed by atoms with van der Waals surface area (Å²) in [6.07, 6.45) is 1.25. The summed E-state index contributed by atoms with van der Waals surface area (Å²) in [5.41, 5.74) is 0.110. The Bertz CT molecular complexity index is 525. The monoisotopic (exact) mass is 277 g/mol. The largest absolute Gasteiger partial charge is 0.487 e. The Morgan fingerprint density at radius 2 is 2.25 bits per heavy atom. The molecule has 1 unspecified atom stereocenters. The molecule has 6 heteroatoms. The minimum Gasteiger partial charge on any atom is -0.487 e. The van der Waals surface area contributed by atoms with Gasteiger partial charge in [-0.1, -0.05) is 12.1 Å². The first kappa shape index (κ1) is 15.9. The van der Waals surface area contributed by atoms with Crippen LogP contribution in [0.1, 0.15) is 25.3 Å². The SMILES string of the molecule is CNC(C)(C#N)CCCOc1c(C)cccc1[N+](=O)[O-]. The molecule has 108 valence electrons. The Labute approximate surface area is 118 Å². The third kappa shape index (κ3) is 3.93. The quantitative estimate of drug-likeness (QED) is 0.470. The number of para-hydroxylation sites is 1. The fourth-order valence-corrected chi connectivity index (χ4v) is 1.81. The topological polar surface area (TPSA) is 88.2 Å². The number of ether oxygens (including phenoxy) is 1. The highest BCUT2D eigenvalue weighted by molar-refractivity contribution is 5.51. The van der Waals surface area contributed by atoms with E-state index < -0.39 is 10.5 Å². The molecule has 0 aliphatic heterocycles. The van der Waals surface area contributed by atoms with Gasteiger partial charge in [0.15, 0.2) is 5.75 Å². The number of nitrogens with one attached hydrogen (secondary N) is 1. The van der Waals surface area contributed by atoms with Crippen LogP contribution >= 0.6 is 0 Å². The molecule has 0 saturated carbocycles. The average molecular weight is 277 g/mol. The first-order valence-corrected chi connectivity index (χ1v) is 6.40. The molecule has 20 heavy (non-hydrogen) atoms. The smallest absolute Gasteiger partial charge is 0.311 e. The Balaban J connectivity index is 2.64. The molecule has 1 rings (SSSR count). The Morgan fingerprint density at radius 1 is 1.55 bits per heavy atom. The van der Waals surface area contributed by atoms with E-state index >= 15 is 0 Å². The van der Waals surface area contributed by atoms with Crippen LogP contribution in [0, 0.1) is 28.4 Å². The van der Waals surface area contributed by atoms with Crippen LogP contribution in [0.3, 0.4) is 0 Å². The summed E-state index contributed by atoms with van der Waals surface area (Å²) in [5, 5.41) is 22.9. The van der Waals surface area contributed by atoms with E-state index in [0.717, 1.165) is 5.56 Å². The van der Waals surface area contributed by atoms with E-state index in [9.17, 15) is 10.1 Å². The van der Waals surface area contributed by atoms with Gasteiger partial charge in [0.1, 0.15) is 5.54 Å². The molecular weight excluding hydrogens is 258 g/mol. The van der Waals surface area contributed by atoms with Crippen molar-refractivity contribution in [2.24, 2.45) is 0 Å². The summed E-state index contributed by atoms with van der Waals surface area (Å²) in [6.45, 7) is 3.92. The van der Waals surface area contributed by atoms with Crippen molar-refractivity contribution >= 4 is 5.69 Å². The second-order valence-corrected chi connectivity index (χ2v) is 4.83. The minimum atomic E-state index is -0.596. The zero-order valence-electron chi connectivity index (χ0n) is 12.0. The first-order valence-electron chi connectivity index (χ1n) is 6.40. The zero-order chi connectivity index (χ0) is 15.2. The number of nitro groups is 1. The maximum atomic E-state index is 10.9. The van der Waals surface area contributed by atoms with Gasteiger partial charge in [-0.25, -0.2) is 0 Å². The fraction of sp³-hybridized carbons (Fsp3) is 0.500. The summed E-state index contributed by atoms with van der Waals surface area (Å²) >= 11 is 0. The van der Waals surface area contributed by atoms with Crippen LogP contribution in [0.4, 0.5) is 5.69 Å². The van der Waals surface area contributed by atoms with Gasteiger partial charge in [0.2, 0.25) is 0 Å². The van der Waals surface area contributed by atoms with Crippen LogP contribution in [0.25, 0.3) is 0 Å². The Morgan fingerprint density at radius 3 is 2.80 bits per heavy atom. The van der Waals surface area contributed by atoms with Crippen molar-refractivity contribution in [3.63, 3.8) is 0 Å². The van der Waals surface area contributed by atoms with Gasteiger partial charge in [0.05, 0.1) is 17.6 Å². The van der Waals surface area contributed by atoms with Crippen molar-refractivity contribution < 1.29 is 9.66 Å². The molecule has 0 heterocycles. The second kappa shape index (κ2) is 6.87. The third-order valence-corrected chi connectivity index (χ3v) is 3.25. The lowest BCUT2D eigenvalue weighted by Gasteiger charge is -2.20. The van der Waals surface area contributed by atoms with Crippen molar-refractivity contribution in [3.05, 3.63) is 33.9 Å². The first-order chi connectivity index (χ1) is 9.43. The molecule has 0 aliphatic carbocycles.